The molecule has 1 aromatic carbocycles. The van der Waals surface area contributed by atoms with Crippen molar-refractivity contribution in [3.05, 3.63) is 58.6 Å². The lowest BCUT2D eigenvalue weighted by Gasteiger charge is -2.37. The van der Waals surface area contributed by atoms with E-state index in [-0.39, 0.29) is 44.5 Å². The Bertz CT molecular complexity index is 1240. The number of nitrogens with one attached hydrogen (secondary N) is 1. The first kappa shape index (κ1) is 28.5. The van der Waals surface area contributed by atoms with E-state index in [1.54, 1.807) is 24.8 Å². The number of aliphatic hydroxyl groups is 1. The summed E-state index contributed by atoms with van der Waals surface area (Å²) in [7, 11) is 0. The van der Waals surface area contributed by atoms with Gasteiger partial charge in [-0.1, -0.05) is 58.4 Å². The maximum absolute atomic E-state index is 14.5. The summed E-state index contributed by atoms with van der Waals surface area (Å²) < 4.78 is 12.7. The number of allylic oxidation sites excluding steroid dienone is 1. The van der Waals surface area contributed by atoms with Crippen molar-refractivity contribution in [3.63, 3.8) is 0 Å². The van der Waals surface area contributed by atoms with E-state index in [1.807, 2.05) is 42.5 Å². The number of cyclic esters (lactones) is 1. The van der Waals surface area contributed by atoms with Gasteiger partial charge in [0.2, 0.25) is 17.7 Å². The standard InChI is InChI=1S/C29H34BrN3O7/c1-17(16-34)33-25-27(37)32(15-19-9-5-3-6-10-19)12-8-4-7-11-21(35)31-14-18(2)39-28(38)22-23(26(33)36)29(25)13-20(30)24(22)40-29/h3-6,8-10,13,17-18,22-25,34H,7,11-12,14-16H2,1-2H3,(H,31,35)/b8-4-/t17-,18+,22-,23+,24-,25-,29+/m1/s1. The normalized spacial score (nSPS) is 34.3. The highest BCUT2D eigenvalue weighted by Crippen LogP contribution is 2.59. The predicted octanol–water partition coefficient (Wildman–Crippen LogP) is 1.67. The largest absolute Gasteiger partial charge is 0.460 e. The molecule has 11 heteroatoms. The summed E-state index contributed by atoms with van der Waals surface area (Å²) in [5, 5.41) is 12.9. The van der Waals surface area contributed by atoms with Crippen molar-refractivity contribution >= 4 is 39.6 Å². The van der Waals surface area contributed by atoms with E-state index in [0.717, 1.165) is 5.56 Å². The predicted molar refractivity (Wildman–Crippen MR) is 148 cm³/mol. The van der Waals surface area contributed by atoms with Crippen LogP contribution in [-0.2, 0) is 35.2 Å². The number of hydrogen-bond donors (Lipinski definition) is 2. The lowest BCUT2D eigenvalue weighted by atomic mass is 9.74. The number of hydrogen-bond acceptors (Lipinski definition) is 7. The lowest BCUT2D eigenvalue weighted by Crippen LogP contribution is -2.57. The van der Waals surface area contributed by atoms with Crippen LogP contribution in [0.25, 0.3) is 0 Å². The fourth-order valence-electron chi connectivity index (χ4n) is 6.18. The number of rotatable bonds is 4. The van der Waals surface area contributed by atoms with Crippen molar-refractivity contribution in [2.45, 2.75) is 63.1 Å². The zero-order valence-corrected chi connectivity index (χ0v) is 24.1. The van der Waals surface area contributed by atoms with Crippen molar-refractivity contribution in [2.75, 3.05) is 19.7 Å². The van der Waals surface area contributed by atoms with Gasteiger partial charge in [0, 0.05) is 24.0 Å². The molecule has 3 amide bonds. The fraction of sp³-hybridized carbons (Fsp3) is 0.517. The second-order valence-electron chi connectivity index (χ2n) is 10.9. The highest BCUT2D eigenvalue weighted by Gasteiger charge is 2.75. The summed E-state index contributed by atoms with van der Waals surface area (Å²) in [6.07, 6.45) is 4.74. The molecule has 0 unspecified atom stereocenters. The van der Waals surface area contributed by atoms with Crippen molar-refractivity contribution in [2.24, 2.45) is 11.8 Å². The van der Waals surface area contributed by atoms with E-state index < -0.39 is 53.6 Å². The SMILES string of the molecule is C[C@H](CO)N1C(=O)[C@@H]2[C@H]3C(=O)O[C@@H](C)CNC(=O)CC/C=C\CN(Cc4ccccc4)C(=O)[C@@H]1[C@]21C=C(Br)[C@H]3O1. The zero-order valence-electron chi connectivity index (χ0n) is 22.5. The monoisotopic (exact) mass is 615 g/mol. The quantitative estimate of drug-likeness (QED) is 0.390. The lowest BCUT2D eigenvalue weighted by molar-refractivity contribution is -0.159. The summed E-state index contributed by atoms with van der Waals surface area (Å²) in [6.45, 7) is 3.62. The van der Waals surface area contributed by atoms with Crippen molar-refractivity contribution in [1.29, 1.82) is 0 Å². The minimum atomic E-state index is -1.41. The third-order valence-corrected chi connectivity index (χ3v) is 8.75. The average Bonchev–Trinajstić information content (AvgIpc) is 3.53. The van der Waals surface area contributed by atoms with Gasteiger partial charge in [-0.05, 0) is 31.9 Å². The summed E-state index contributed by atoms with van der Waals surface area (Å²) in [5.41, 5.74) is -0.507. The first-order valence-corrected chi connectivity index (χ1v) is 14.4. The van der Waals surface area contributed by atoms with Crippen LogP contribution in [0, 0.1) is 11.8 Å². The van der Waals surface area contributed by atoms with Gasteiger partial charge in [0.15, 0.2) is 0 Å². The molecular formula is C29H34BrN3O7. The van der Waals surface area contributed by atoms with Crippen LogP contribution in [0.2, 0.25) is 0 Å². The number of halogens is 1. The van der Waals surface area contributed by atoms with Gasteiger partial charge in [0.05, 0.1) is 25.1 Å². The van der Waals surface area contributed by atoms with Gasteiger partial charge in [-0.25, -0.2) is 0 Å². The van der Waals surface area contributed by atoms with Crippen LogP contribution in [0.4, 0.5) is 0 Å². The van der Waals surface area contributed by atoms with E-state index in [1.165, 1.54) is 4.90 Å². The molecule has 2 saturated heterocycles. The topological polar surface area (TPSA) is 125 Å². The third-order valence-electron chi connectivity index (χ3n) is 8.07. The Morgan fingerprint density at radius 3 is 2.62 bits per heavy atom. The Labute approximate surface area is 241 Å². The number of carbonyl (C=O) groups excluding carboxylic acids is 4. The zero-order chi connectivity index (χ0) is 28.6. The Balaban J connectivity index is 1.59. The number of benzene rings is 1. The van der Waals surface area contributed by atoms with E-state index in [9.17, 15) is 24.3 Å². The first-order valence-electron chi connectivity index (χ1n) is 13.6. The number of carbonyl (C=O) groups is 4. The second kappa shape index (κ2) is 11.5. The second-order valence-corrected chi connectivity index (χ2v) is 11.8. The minimum absolute atomic E-state index is 0.132. The number of esters is 1. The van der Waals surface area contributed by atoms with Gasteiger partial charge in [0.25, 0.3) is 0 Å². The maximum Gasteiger partial charge on any atom is 0.313 e. The maximum atomic E-state index is 14.5. The fourth-order valence-corrected chi connectivity index (χ4v) is 6.91. The molecule has 0 aromatic heterocycles. The molecule has 4 heterocycles. The Kier molecular flexibility index (Phi) is 8.17. The molecule has 0 radical (unpaired) electrons. The first-order chi connectivity index (χ1) is 19.2. The van der Waals surface area contributed by atoms with Crippen LogP contribution in [0.1, 0.15) is 32.3 Å². The third kappa shape index (κ3) is 4.99. The molecule has 214 valence electrons. The smallest absolute Gasteiger partial charge is 0.313 e. The van der Waals surface area contributed by atoms with Gasteiger partial charge in [-0.2, -0.15) is 0 Å². The number of nitrogens with zero attached hydrogens (tertiary/aromatic N) is 2. The van der Waals surface area contributed by atoms with E-state index in [4.69, 9.17) is 9.47 Å². The molecule has 7 atom stereocenters. The van der Waals surface area contributed by atoms with E-state index in [2.05, 4.69) is 21.2 Å². The molecule has 5 rings (SSSR count). The molecule has 0 aliphatic carbocycles. The van der Waals surface area contributed by atoms with Crippen LogP contribution in [0.15, 0.2) is 53.0 Å². The van der Waals surface area contributed by atoms with E-state index >= 15 is 0 Å². The molecule has 40 heavy (non-hydrogen) atoms. The van der Waals surface area contributed by atoms with E-state index in [0.29, 0.717) is 10.9 Å². The highest BCUT2D eigenvalue weighted by atomic mass is 79.9. The van der Waals surface area contributed by atoms with Crippen LogP contribution in [-0.4, -0.2) is 88.2 Å². The molecule has 5 bridgehead atoms. The van der Waals surface area contributed by atoms with Gasteiger partial charge in [-0.3, -0.25) is 19.2 Å². The summed E-state index contributed by atoms with van der Waals surface area (Å²) >= 11 is 3.52. The highest BCUT2D eigenvalue weighted by molar-refractivity contribution is 9.11. The van der Waals surface area contributed by atoms with Gasteiger partial charge >= 0.3 is 5.97 Å². The number of fused-ring (bicyclic) bond motifs is 2. The summed E-state index contributed by atoms with van der Waals surface area (Å²) in [4.78, 5) is 57.4. The molecule has 1 spiro atoms. The number of ether oxygens (including phenoxy) is 2. The molecule has 4 aliphatic rings. The van der Waals surface area contributed by atoms with Crippen molar-refractivity contribution < 1.29 is 33.8 Å². The number of likely N-dealkylation sites (tertiary alicyclic amines) is 1. The number of aliphatic hydroxyl groups excluding tert-OH is 1. The van der Waals surface area contributed by atoms with Crippen LogP contribution in [0.3, 0.4) is 0 Å². The van der Waals surface area contributed by atoms with Gasteiger partial charge in [0.1, 0.15) is 29.8 Å². The molecule has 10 nitrogen and oxygen atoms in total. The Hall–Kier alpha value is -3.02. The Morgan fingerprint density at radius 2 is 1.90 bits per heavy atom. The number of amides is 3. The van der Waals surface area contributed by atoms with Crippen molar-refractivity contribution in [1.82, 2.24) is 15.1 Å². The van der Waals surface area contributed by atoms with Crippen molar-refractivity contribution in [3.8, 4) is 0 Å². The molecule has 1 aromatic rings. The summed E-state index contributed by atoms with van der Waals surface area (Å²) in [5.74, 6) is -3.59. The summed E-state index contributed by atoms with van der Waals surface area (Å²) in [6, 6.07) is 7.71. The van der Waals surface area contributed by atoms with Crippen LogP contribution >= 0.6 is 15.9 Å². The minimum Gasteiger partial charge on any atom is -0.460 e. The Morgan fingerprint density at radius 1 is 1.15 bits per heavy atom. The molecule has 2 N–H and O–H groups in total. The molecular weight excluding hydrogens is 582 g/mol. The molecule has 2 fully saturated rings. The van der Waals surface area contributed by atoms with Gasteiger partial charge in [-0.15, -0.1) is 0 Å². The van der Waals surface area contributed by atoms with Crippen LogP contribution < -0.4 is 5.32 Å². The molecule has 0 saturated carbocycles. The molecule has 4 aliphatic heterocycles. The van der Waals surface area contributed by atoms with Gasteiger partial charge < -0.3 is 29.7 Å². The van der Waals surface area contributed by atoms with Crippen LogP contribution in [0.5, 0.6) is 0 Å². The average molecular weight is 617 g/mol.